The Bertz CT molecular complexity index is 342. The lowest BCUT2D eigenvalue weighted by Gasteiger charge is -2.22. The molecular formula is C15H24N2O. The Morgan fingerprint density at radius 3 is 2.83 bits per heavy atom. The SMILES string of the molecule is COC1CCCC1NCC(N)Cc1ccccc1. The van der Waals surface area contributed by atoms with Crippen LogP contribution in [-0.2, 0) is 11.2 Å². The molecule has 1 aromatic carbocycles. The van der Waals surface area contributed by atoms with Crippen molar-refractivity contribution in [1.82, 2.24) is 5.32 Å². The minimum atomic E-state index is 0.172. The average Bonchev–Trinajstić information content (AvgIpc) is 2.85. The van der Waals surface area contributed by atoms with Crippen LogP contribution in [0.15, 0.2) is 30.3 Å². The van der Waals surface area contributed by atoms with Crippen molar-refractivity contribution < 1.29 is 4.74 Å². The molecule has 0 radical (unpaired) electrons. The van der Waals surface area contributed by atoms with E-state index in [0.717, 1.165) is 13.0 Å². The van der Waals surface area contributed by atoms with Gasteiger partial charge in [-0.2, -0.15) is 0 Å². The van der Waals surface area contributed by atoms with Gasteiger partial charge >= 0.3 is 0 Å². The maximum absolute atomic E-state index is 6.17. The van der Waals surface area contributed by atoms with Gasteiger partial charge in [-0.05, 0) is 31.2 Å². The van der Waals surface area contributed by atoms with Crippen LogP contribution in [0, 0.1) is 0 Å². The van der Waals surface area contributed by atoms with Crippen LogP contribution in [-0.4, -0.2) is 31.8 Å². The van der Waals surface area contributed by atoms with Crippen molar-refractivity contribution in [3.63, 3.8) is 0 Å². The minimum absolute atomic E-state index is 0.172. The van der Waals surface area contributed by atoms with Gasteiger partial charge in [0.25, 0.3) is 0 Å². The molecule has 3 unspecified atom stereocenters. The summed E-state index contributed by atoms with van der Waals surface area (Å²) in [5, 5.41) is 3.55. The van der Waals surface area contributed by atoms with Crippen LogP contribution in [0.2, 0.25) is 0 Å². The van der Waals surface area contributed by atoms with Gasteiger partial charge in [0.15, 0.2) is 0 Å². The lowest BCUT2D eigenvalue weighted by atomic mass is 10.1. The molecule has 0 aromatic heterocycles. The second kappa shape index (κ2) is 6.88. The van der Waals surface area contributed by atoms with E-state index in [9.17, 15) is 0 Å². The Kier molecular flexibility index (Phi) is 5.17. The van der Waals surface area contributed by atoms with E-state index in [-0.39, 0.29) is 6.04 Å². The van der Waals surface area contributed by atoms with E-state index in [4.69, 9.17) is 10.5 Å². The van der Waals surface area contributed by atoms with Crippen molar-refractivity contribution in [1.29, 1.82) is 0 Å². The van der Waals surface area contributed by atoms with Crippen molar-refractivity contribution in [3.8, 4) is 0 Å². The van der Waals surface area contributed by atoms with Gasteiger partial charge in [0.1, 0.15) is 0 Å². The number of benzene rings is 1. The Hall–Kier alpha value is -0.900. The summed E-state index contributed by atoms with van der Waals surface area (Å²) in [5.41, 5.74) is 7.47. The molecule has 0 bridgehead atoms. The maximum Gasteiger partial charge on any atom is 0.0724 e. The first-order valence-corrected chi connectivity index (χ1v) is 6.85. The van der Waals surface area contributed by atoms with Crippen LogP contribution in [0.1, 0.15) is 24.8 Å². The fraction of sp³-hybridized carbons (Fsp3) is 0.600. The van der Waals surface area contributed by atoms with Crippen molar-refractivity contribution in [2.24, 2.45) is 5.73 Å². The highest BCUT2D eigenvalue weighted by Gasteiger charge is 2.26. The molecule has 18 heavy (non-hydrogen) atoms. The minimum Gasteiger partial charge on any atom is -0.380 e. The zero-order chi connectivity index (χ0) is 12.8. The molecule has 0 aliphatic heterocycles. The third-order valence-corrected chi connectivity index (χ3v) is 3.74. The quantitative estimate of drug-likeness (QED) is 0.806. The summed E-state index contributed by atoms with van der Waals surface area (Å²) in [7, 11) is 1.80. The highest BCUT2D eigenvalue weighted by atomic mass is 16.5. The molecule has 100 valence electrons. The van der Waals surface area contributed by atoms with Gasteiger partial charge in [0, 0.05) is 25.7 Å². The van der Waals surface area contributed by atoms with Gasteiger partial charge in [-0.15, -0.1) is 0 Å². The molecule has 1 aliphatic rings. The third kappa shape index (κ3) is 3.80. The number of methoxy groups -OCH3 is 1. The topological polar surface area (TPSA) is 47.3 Å². The second-order valence-electron chi connectivity index (χ2n) is 5.17. The van der Waals surface area contributed by atoms with Crippen molar-refractivity contribution in [2.45, 2.75) is 43.9 Å². The van der Waals surface area contributed by atoms with Gasteiger partial charge in [0.05, 0.1) is 6.10 Å². The van der Waals surface area contributed by atoms with E-state index in [2.05, 4.69) is 29.6 Å². The van der Waals surface area contributed by atoms with Crippen LogP contribution in [0.4, 0.5) is 0 Å². The molecule has 1 fully saturated rings. The molecule has 2 rings (SSSR count). The van der Waals surface area contributed by atoms with E-state index in [0.29, 0.717) is 12.1 Å². The zero-order valence-electron chi connectivity index (χ0n) is 11.1. The second-order valence-corrected chi connectivity index (χ2v) is 5.17. The smallest absolute Gasteiger partial charge is 0.0724 e. The number of hydrogen-bond acceptors (Lipinski definition) is 3. The summed E-state index contributed by atoms with van der Waals surface area (Å²) in [6, 6.07) is 11.1. The molecule has 3 N–H and O–H groups in total. The summed E-state index contributed by atoms with van der Waals surface area (Å²) >= 11 is 0. The van der Waals surface area contributed by atoms with Gasteiger partial charge in [-0.25, -0.2) is 0 Å². The summed E-state index contributed by atoms with van der Waals surface area (Å²) in [6.07, 6.45) is 4.93. The molecule has 0 amide bonds. The monoisotopic (exact) mass is 248 g/mol. The summed E-state index contributed by atoms with van der Waals surface area (Å²) in [4.78, 5) is 0. The van der Waals surface area contributed by atoms with Crippen LogP contribution < -0.4 is 11.1 Å². The number of hydrogen-bond donors (Lipinski definition) is 2. The first kappa shape index (κ1) is 13.5. The largest absolute Gasteiger partial charge is 0.380 e. The predicted octanol–water partition coefficient (Wildman–Crippen LogP) is 1.71. The number of nitrogens with one attached hydrogen (secondary N) is 1. The van der Waals surface area contributed by atoms with E-state index in [1.54, 1.807) is 7.11 Å². The number of ether oxygens (including phenoxy) is 1. The van der Waals surface area contributed by atoms with Crippen molar-refractivity contribution >= 4 is 0 Å². The standard InChI is InChI=1S/C15H24N2O/c1-18-15-9-5-8-14(15)17-11-13(16)10-12-6-3-2-4-7-12/h2-4,6-7,13-15,17H,5,8-11,16H2,1H3. The maximum atomic E-state index is 6.17. The van der Waals surface area contributed by atoms with Crippen LogP contribution in [0.25, 0.3) is 0 Å². The Morgan fingerprint density at radius 2 is 2.11 bits per heavy atom. The number of nitrogens with two attached hydrogens (primary N) is 1. The highest BCUT2D eigenvalue weighted by molar-refractivity contribution is 5.15. The van der Waals surface area contributed by atoms with Crippen molar-refractivity contribution in [2.75, 3.05) is 13.7 Å². The first-order chi connectivity index (χ1) is 8.79. The molecule has 0 saturated heterocycles. The zero-order valence-corrected chi connectivity index (χ0v) is 11.1. The number of rotatable bonds is 6. The van der Waals surface area contributed by atoms with Gasteiger partial charge in [-0.1, -0.05) is 30.3 Å². The fourth-order valence-electron chi connectivity index (χ4n) is 2.73. The van der Waals surface area contributed by atoms with Crippen LogP contribution in [0.3, 0.4) is 0 Å². The fourth-order valence-corrected chi connectivity index (χ4v) is 2.73. The van der Waals surface area contributed by atoms with Gasteiger partial charge < -0.3 is 15.8 Å². The van der Waals surface area contributed by atoms with E-state index in [1.807, 2.05) is 6.07 Å². The summed E-state index contributed by atoms with van der Waals surface area (Å²) in [5.74, 6) is 0. The van der Waals surface area contributed by atoms with Crippen LogP contribution in [0.5, 0.6) is 0 Å². The van der Waals surface area contributed by atoms with E-state index >= 15 is 0 Å². The molecule has 0 spiro atoms. The summed E-state index contributed by atoms with van der Waals surface area (Å²) < 4.78 is 5.47. The molecule has 1 saturated carbocycles. The normalized spacial score (nSPS) is 25.2. The molecule has 1 aromatic rings. The predicted molar refractivity (Wildman–Crippen MR) is 74.6 cm³/mol. The third-order valence-electron chi connectivity index (χ3n) is 3.74. The Morgan fingerprint density at radius 1 is 1.33 bits per heavy atom. The molecule has 1 aliphatic carbocycles. The van der Waals surface area contributed by atoms with Crippen molar-refractivity contribution in [3.05, 3.63) is 35.9 Å². The summed E-state index contributed by atoms with van der Waals surface area (Å²) in [6.45, 7) is 0.861. The van der Waals surface area contributed by atoms with E-state index < -0.39 is 0 Å². The highest BCUT2D eigenvalue weighted by Crippen LogP contribution is 2.21. The molecule has 3 atom stereocenters. The van der Waals surface area contributed by atoms with E-state index in [1.165, 1.54) is 24.8 Å². The van der Waals surface area contributed by atoms with Gasteiger partial charge in [0.2, 0.25) is 0 Å². The van der Waals surface area contributed by atoms with Crippen LogP contribution >= 0.6 is 0 Å². The molecule has 0 heterocycles. The Balaban J connectivity index is 1.73. The molecule has 3 nitrogen and oxygen atoms in total. The molecule has 3 heteroatoms. The average molecular weight is 248 g/mol. The lowest BCUT2D eigenvalue weighted by Crippen LogP contribution is -2.44. The molecular weight excluding hydrogens is 224 g/mol. The lowest BCUT2D eigenvalue weighted by molar-refractivity contribution is 0.0848. The first-order valence-electron chi connectivity index (χ1n) is 6.85. The van der Waals surface area contributed by atoms with Gasteiger partial charge in [-0.3, -0.25) is 0 Å². The Labute approximate surface area is 110 Å².